The van der Waals surface area contributed by atoms with Crippen LogP contribution in [-0.4, -0.2) is 23.2 Å². The molecule has 3 rings (SSSR count). The lowest BCUT2D eigenvalue weighted by molar-refractivity contribution is 0.214. The van der Waals surface area contributed by atoms with Gasteiger partial charge in [-0.15, -0.1) is 11.8 Å². The topological polar surface area (TPSA) is 32.3 Å². The van der Waals surface area contributed by atoms with E-state index in [0.717, 1.165) is 11.3 Å². The van der Waals surface area contributed by atoms with E-state index in [9.17, 15) is 9.18 Å². The molecule has 7 heteroatoms. The average molecular weight is 371 g/mol. The molecule has 3 nitrogen and oxygen atoms in total. The number of benzene rings is 2. The first-order valence-electron chi connectivity index (χ1n) is 6.94. The van der Waals surface area contributed by atoms with Crippen LogP contribution in [0.3, 0.4) is 0 Å². The largest absolute Gasteiger partial charge is 0.323 e. The molecule has 1 atom stereocenters. The van der Waals surface area contributed by atoms with Gasteiger partial charge in [-0.1, -0.05) is 35.3 Å². The average Bonchev–Trinajstić information content (AvgIpc) is 3.01. The molecule has 2 aromatic rings. The summed E-state index contributed by atoms with van der Waals surface area (Å²) >= 11 is 13.5. The maximum absolute atomic E-state index is 13.1. The summed E-state index contributed by atoms with van der Waals surface area (Å²) in [5, 5.41) is 3.51. The van der Waals surface area contributed by atoms with Crippen molar-refractivity contribution in [1.29, 1.82) is 0 Å². The minimum absolute atomic E-state index is 0.127. The van der Waals surface area contributed by atoms with Crippen molar-refractivity contribution in [3.8, 4) is 0 Å². The second-order valence-corrected chi connectivity index (χ2v) is 7.03. The molecule has 2 amide bonds. The van der Waals surface area contributed by atoms with Gasteiger partial charge in [-0.05, 0) is 35.9 Å². The maximum Gasteiger partial charge on any atom is 0.323 e. The van der Waals surface area contributed by atoms with E-state index in [2.05, 4.69) is 5.32 Å². The number of hydrogen-bond acceptors (Lipinski definition) is 2. The number of nitrogens with zero attached hydrogens (tertiary/aromatic N) is 1. The molecule has 0 aliphatic carbocycles. The zero-order chi connectivity index (χ0) is 16.4. The highest BCUT2D eigenvalue weighted by molar-refractivity contribution is 7.99. The first-order valence-corrected chi connectivity index (χ1v) is 8.75. The van der Waals surface area contributed by atoms with E-state index in [0.29, 0.717) is 22.3 Å². The van der Waals surface area contributed by atoms with Crippen molar-refractivity contribution in [2.75, 3.05) is 17.6 Å². The van der Waals surface area contributed by atoms with Crippen molar-refractivity contribution in [3.63, 3.8) is 0 Å². The van der Waals surface area contributed by atoms with E-state index in [1.807, 2.05) is 0 Å². The molecule has 0 aromatic heterocycles. The van der Waals surface area contributed by atoms with Gasteiger partial charge in [0.2, 0.25) is 0 Å². The predicted octanol–water partition coefficient (Wildman–Crippen LogP) is 5.41. The Hall–Kier alpha value is -1.43. The summed E-state index contributed by atoms with van der Waals surface area (Å²) in [6.07, 6.45) is 0. The smallest absolute Gasteiger partial charge is 0.308 e. The van der Waals surface area contributed by atoms with Crippen LogP contribution in [0.2, 0.25) is 10.0 Å². The fraction of sp³-hybridized carbons (Fsp3) is 0.188. The second-order valence-electron chi connectivity index (χ2n) is 5.03. The van der Waals surface area contributed by atoms with Gasteiger partial charge in [-0.25, -0.2) is 9.18 Å². The monoisotopic (exact) mass is 370 g/mol. The Bertz CT molecular complexity index is 727. The molecule has 0 bridgehead atoms. The Morgan fingerprint density at radius 2 is 1.91 bits per heavy atom. The summed E-state index contributed by atoms with van der Waals surface area (Å²) in [6.45, 7) is 0.625. The minimum Gasteiger partial charge on any atom is -0.308 e. The van der Waals surface area contributed by atoms with Crippen molar-refractivity contribution in [3.05, 3.63) is 63.9 Å². The molecule has 1 heterocycles. The van der Waals surface area contributed by atoms with Crippen LogP contribution in [0.25, 0.3) is 0 Å². The first kappa shape index (κ1) is 16.4. The molecule has 23 heavy (non-hydrogen) atoms. The normalized spacial score (nSPS) is 17.3. The number of nitrogens with one attached hydrogen (secondary N) is 1. The Labute approximate surface area is 147 Å². The van der Waals surface area contributed by atoms with E-state index >= 15 is 0 Å². The molecule has 1 fully saturated rings. The summed E-state index contributed by atoms with van der Waals surface area (Å²) < 4.78 is 13.1. The molecule has 0 spiro atoms. The Balaban J connectivity index is 1.75. The third-order valence-corrected chi connectivity index (χ3v) is 5.48. The van der Waals surface area contributed by atoms with Gasteiger partial charge in [0, 0.05) is 18.0 Å². The van der Waals surface area contributed by atoms with Crippen LogP contribution in [0.5, 0.6) is 0 Å². The maximum atomic E-state index is 13.1. The highest BCUT2D eigenvalue weighted by atomic mass is 35.5. The van der Waals surface area contributed by atoms with Gasteiger partial charge in [-0.2, -0.15) is 0 Å². The number of amides is 2. The highest BCUT2D eigenvalue weighted by Crippen LogP contribution is 2.38. The zero-order valence-corrected chi connectivity index (χ0v) is 14.3. The van der Waals surface area contributed by atoms with Crippen LogP contribution in [0, 0.1) is 5.82 Å². The van der Waals surface area contributed by atoms with Crippen molar-refractivity contribution in [1.82, 2.24) is 4.90 Å². The fourth-order valence-corrected chi connectivity index (χ4v) is 3.90. The van der Waals surface area contributed by atoms with Gasteiger partial charge >= 0.3 is 6.03 Å². The molecule has 0 radical (unpaired) electrons. The van der Waals surface area contributed by atoms with Gasteiger partial charge in [0.25, 0.3) is 0 Å². The van der Waals surface area contributed by atoms with Crippen LogP contribution in [-0.2, 0) is 0 Å². The van der Waals surface area contributed by atoms with Crippen molar-refractivity contribution in [2.24, 2.45) is 0 Å². The molecule has 1 aliphatic heterocycles. The molecule has 2 aromatic carbocycles. The van der Waals surface area contributed by atoms with Crippen molar-refractivity contribution in [2.45, 2.75) is 5.37 Å². The number of urea groups is 1. The quantitative estimate of drug-likeness (QED) is 0.765. The molecular formula is C16H13Cl2FN2OS. The minimum atomic E-state index is -0.288. The molecular weight excluding hydrogens is 358 g/mol. The Morgan fingerprint density at radius 3 is 2.61 bits per heavy atom. The summed E-state index contributed by atoms with van der Waals surface area (Å²) in [4.78, 5) is 14.2. The molecule has 1 aliphatic rings. The third-order valence-electron chi connectivity index (χ3n) is 3.48. The van der Waals surface area contributed by atoms with E-state index in [1.165, 1.54) is 12.1 Å². The molecule has 120 valence electrons. The summed E-state index contributed by atoms with van der Waals surface area (Å²) in [6, 6.07) is 10.9. The van der Waals surface area contributed by atoms with Gasteiger partial charge in [-0.3, -0.25) is 0 Å². The van der Waals surface area contributed by atoms with Crippen molar-refractivity contribution < 1.29 is 9.18 Å². The molecule has 0 saturated carbocycles. The Morgan fingerprint density at radius 1 is 1.17 bits per heavy atom. The SMILES string of the molecule is O=C(Nc1ccc(Cl)c(Cl)c1)N1CCSC1c1ccc(F)cc1. The van der Waals surface area contributed by atoms with Crippen LogP contribution in [0.15, 0.2) is 42.5 Å². The summed E-state index contributed by atoms with van der Waals surface area (Å²) in [5.41, 5.74) is 1.48. The van der Waals surface area contributed by atoms with Gasteiger partial charge < -0.3 is 10.2 Å². The van der Waals surface area contributed by atoms with E-state index < -0.39 is 0 Å². The fourth-order valence-electron chi connectivity index (χ4n) is 2.35. The van der Waals surface area contributed by atoms with E-state index in [4.69, 9.17) is 23.2 Å². The van der Waals surface area contributed by atoms with Crippen LogP contribution in [0.1, 0.15) is 10.9 Å². The lowest BCUT2D eigenvalue weighted by Gasteiger charge is -2.24. The number of rotatable bonds is 2. The third kappa shape index (κ3) is 3.74. The van der Waals surface area contributed by atoms with E-state index in [-0.39, 0.29) is 17.2 Å². The van der Waals surface area contributed by atoms with Crippen LogP contribution < -0.4 is 5.32 Å². The predicted molar refractivity (Wildman–Crippen MR) is 93.8 cm³/mol. The zero-order valence-electron chi connectivity index (χ0n) is 11.9. The van der Waals surface area contributed by atoms with Gasteiger partial charge in [0.15, 0.2) is 0 Å². The standard InChI is InChI=1S/C16H13Cl2FN2OS/c17-13-6-5-12(9-14(13)18)20-16(22)21-7-8-23-15(21)10-1-3-11(19)4-2-10/h1-6,9,15H,7-8H2,(H,20,22). The second kappa shape index (κ2) is 6.99. The Kier molecular flexibility index (Phi) is 4.99. The number of carbonyl (C=O) groups excluding carboxylic acids is 1. The van der Waals surface area contributed by atoms with Gasteiger partial charge in [0.1, 0.15) is 11.2 Å². The first-order chi connectivity index (χ1) is 11.0. The number of thioether (sulfide) groups is 1. The summed E-state index contributed by atoms with van der Waals surface area (Å²) in [7, 11) is 0. The van der Waals surface area contributed by atoms with Crippen LogP contribution in [0.4, 0.5) is 14.9 Å². The molecule has 1 N–H and O–H groups in total. The summed E-state index contributed by atoms with van der Waals surface area (Å²) in [5.74, 6) is 0.542. The highest BCUT2D eigenvalue weighted by Gasteiger charge is 2.30. The number of carbonyl (C=O) groups is 1. The molecule has 1 saturated heterocycles. The van der Waals surface area contributed by atoms with E-state index in [1.54, 1.807) is 47.0 Å². The number of anilines is 1. The van der Waals surface area contributed by atoms with Crippen LogP contribution >= 0.6 is 35.0 Å². The van der Waals surface area contributed by atoms with Gasteiger partial charge in [0.05, 0.1) is 10.0 Å². The number of hydrogen-bond donors (Lipinski definition) is 1. The number of halogens is 3. The lowest BCUT2D eigenvalue weighted by Crippen LogP contribution is -2.34. The van der Waals surface area contributed by atoms with Crippen molar-refractivity contribution >= 4 is 46.7 Å². The molecule has 1 unspecified atom stereocenters. The lowest BCUT2D eigenvalue weighted by atomic mass is 10.2.